The number of nitrogens with zero attached hydrogens (tertiary/aromatic N) is 5. The monoisotopic (exact) mass is 474 g/mol. The number of hydrogen-bond donors (Lipinski definition) is 1. The van der Waals surface area contributed by atoms with E-state index >= 15 is 0 Å². The SMILES string of the molecule is CC(C)(C)c1ccc(N(C(=O)C2CCCN2C#N)C(C(=O)N2CCNCC2)c2cccnc2)cc1. The number of piperazine rings is 1. The van der Waals surface area contributed by atoms with Crippen molar-refractivity contribution in [2.75, 3.05) is 37.6 Å². The summed E-state index contributed by atoms with van der Waals surface area (Å²) in [5.41, 5.74) is 2.39. The third kappa shape index (κ3) is 5.30. The van der Waals surface area contributed by atoms with Crippen LogP contribution in [0.4, 0.5) is 5.69 Å². The van der Waals surface area contributed by atoms with Crippen LogP contribution >= 0.6 is 0 Å². The van der Waals surface area contributed by atoms with E-state index in [0.717, 1.165) is 12.0 Å². The van der Waals surface area contributed by atoms with Gasteiger partial charge in [0.25, 0.3) is 11.8 Å². The fourth-order valence-electron chi connectivity index (χ4n) is 4.83. The standard InChI is InChI=1S/C27H34N6O2/c1-27(2,3)21-8-10-22(11-9-21)33(25(34)23-7-5-15-32(23)19-28)24(20-6-4-12-30-18-20)26(35)31-16-13-29-14-17-31/h4,6,8-12,18,23-24,29H,5,7,13-17H2,1-3H3. The third-order valence-electron chi connectivity index (χ3n) is 6.84. The van der Waals surface area contributed by atoms with Crippen molar-refractivity contribution in [3.8, 4) is 6.19 Å². The minimum absolute atomic E-state index is 0.0458. The van der Waals surface area contributed by atoms with Crippen molar-refractivity contribution in [1.82, 2.24) is 20.1 Å². The molecule has 0 aliphatic carbocycles. The highest BCUT2D eigenvalue weighted by Crippen LogP contribution is 2.34. The first-order valence-electron chi connectivity index (χ1n) is 12.3. The smallest absolute Gasteiger partial charge is 0.251 e. The lowest BCUT2D eigenvalue weighted by Crippen LogP contribution is -2.54. The second kappa shape index (κ2) is 10.4. The van der Waals surface area contributed by atoms with Crippen LogP contribution in [0.1, 0.15) is 50.8 Å². The number of carbonyl (C=O) groups is 2. The Kier molecular flexibility index (Phi) is 7.37. The van der Waals surface area contributed by atoms with Crippen LogP contribution in [0.5, 0.6) is 0 Å². The van der Waals surface area contributed by atoms with E-state index in [4.69, 9.17) is 0 Å². The molecule has 35 heavy (non-hydrogen) atoms. The first-order chi connectivity index (χ1) is 16.8. The lowest BCUT2D eigenvalue weighted by atomic mass is 9.87. The van der Waals surface area contributed by atoms with E-state index in [-0.39, 0.29) is 17.2 Å². The van der Waals surface area contributed by atoms with Gasteiger partial charge in [-0.1, -0.05) is 39.0 Å². The number of nitrogens with one attached hydrogen (secondary N) is 1. The molecule has 0 spiro atoms. The van der Waals surface area contributed by atoms with Crippen molar-refractivity contribution in [3.63, 3.8) is 0 Å². The van der Waals surface area contributed by atoms with Gasteiger partial charge in [-0.3, -0.25) is 24.4 Å². The zero-order chi connectivity index (χ0) is 25.0. The van der Waals surface area contributed by atoms with Gasteiger partial charge in [-0.2, -0.15) is 5.26 Å². The van der Waals surface area contributed by atoms with Crippen molar-refractivity contribution >= 4 is 17.5 Å². The molecule has 2 fully saturated rings. The van der Waals surface area contributed by atoms with E-state index in [2.05, 4.69) is 37.3 Å². The lowest BCUT2D eigenvalue weighted by molar-refractivity contribution is -0.136. The average Bonchev–Trinajstić information content (AvgIpc) is 3.36. The van der Waals surface area contributed by atoms with Crippen molar-refractivity contribution in [3.05, 3.63) is 59.9 Å². The van der Waals surface area contributed by atoms with Gasteiger partial charge in [0.1, 0.15) is 12.1 Å². The van der Waals surface area contributed by atoms with Gasteiger partial charge in [0.05, 0.1) is 0 Å². The van der Waals surface area contributed by atoms with Crippen LogP contribution in [-0.4, -0.2) is 65.4 Å². The Bertz CT molecular complexity index is 1070. The summed E-state index contributed by atoms with van der Waals surface area (Å²) in [5, 5.41) is 12.9. The maximum absolute atomic E-state index is 14.1. The number of benzene rings is 1. The van der Waals surface area contributed by atoms with E-state index in [1.807, 2.05) is 35.2 Å². The molecule has 0 radical (unpaired) electrons. The van der Waals surface area contributed by atoms with Crippen LogP contribution in [-0.2, 0) is 15.0 Å². The molecule has 2 amide bonds. The highest BCUT2D eigenvalue weighted by molar-refractivity contribution is 6.04. The average molecular weight is 475 g/mol. The maximum atomic E-state index is 14.1. The van der Waals surface area contributed by atoms with Gasteiger partial charge in [-0.15, -0.1) is 0 Å². The van der Waals surface area contributed by atoms with E-state index in [9.17, 15) is 14.9 Å². The fraction of sp³-hybridized carbons (Fsp3) is 0.481. The number of rotatable bonds is 5. The van der Waals surface area contributed by atoms with Gasteiger partial charge in [0, 0.05) is 56.4 Å². The number of nitriles is 1. The molecule has 8 heteroatoms. The Morgan fingerprint density at radius 3 is 2.46 bits per heavy atom. The molecule has 2 saturated heterocycles. The zero-order valence-electron chi connectivity index (χ0n) is 20.8. The summed E-state index contributed by atoms with van der Waals surface area (Å²) < 4.78 is 0. The van der Waals surface area contributed by atoms with Gasteiger partial charge >= 0.3 is 0 Å². The highest BCUT2D eigenvalue weighted by atomic mass is 16.2. The number of pyridine rings is 1. The molecule has 3 heterocycles. The van der Waals surface area contributed by atoms with Crippen molar-refractivity contribution < 1.29 is 9.59 Å². The summed E-state index contributed by atoms with van der Waals surface area (Å²) in [6.07, 6.45) is 6.85. The Labute approximate surface area is 207 Å². The third-order valence-corrected chi connectivity index (χ3v) is 6.84. The number of hydrogen-bond acceptors (Lipinski definition) is 6. The van der Waals surface area contributed by atoms with Crippen LogP contribution in [0.2, 0.25) is 0 Å². The van der Waals surface area contributed by atoms with Gasteiger partial charge in [-0.05, 0) is 42.0 Å². The number of anilines is 1. The Morgan fingerprint density at radius 2 is 1.86 bits per heavy atom. The predicted octanol–water partition coefficient (Wildman–Crippen LogP) is 2.83. The van der Waals surface area contributed by atoms with Gasteiger partial charge in [0.2, 0.25) is 0 Å². The molecule has 1 aromatic heterocycles. The molecule has 2 atom stereocenters. The lowest BCUT2D eigenvalue weighted by Gasteiger charge is -2.38. The Morgan fingerprint density at radius 1 is 1.14 bits per heavy atom. The molecular formula is C27H34N6O2. The Balaban J connectivity index is 1.82. The summed E-state index contributed by atoms with van der Waals surface area (Å²) in [6, 6.07) is 10.0. The van der Waals surface area contributed by atoms with E-state index in [1.165, 1.54) is 4.90 Å². The minimum atomic E-state index is -0.865. The fourth-order valence-corrected chi connectivity index (χ4v) is 4.83. The first-order valence-corrected chi connectivity index (χ1v) is 12.3. The topological polar surface area (TPSA) is 92.6 Å². The van der Waals surface area contributed by atoms with Crippen LogP contribution in [0.3, 0.4) is 0 Å². The molecule has 2 aromatic rings. The molecule has 1 aromatic carbocycles. The zero-order valence-corrected chi connectivity index (χ0v) is 20.8. The first kappa shape index (κ1) is 24.7. The molecule has 1 N–H and O–H groups in total. The van der Waals surface area contributed by atoms with Crippen molar-refractivity contribution in [2.45, 2.75) is 51.1 Å². The summed E-state index contributed by atoms with van der Waals surface area (Å²) in [4.78, 5) is 37.4. The molecule has 4 rings (SSSR count). The minimum Gasteiger partial charge on any atom is -0.338 e. The molecular weight excluding hydrogens is 440 g/mol. The van der Waals surface area contributed by atoms with Crippen LogP contribution < -0.4 is 10.2 Å². The molecule has 0 bridgehead atoms. The molecule has 8 nitrogen and oxygen atoms in total. The predicted molar refractivity (Wildman–Crippen MR) is 134 cm³/mol. The normalized spacial score (nSPS) is 19.2. The van der Waals surface area contributed by atoms with Gasteiger partial charge in [-0.25, -0.2) is 0 Å². The molecule has 0 saturated carbocycles. The maximum Gasteiger partial charge on any atom is 0.251 e. The van der Waals surface area contributed by atoms with Gasteiger partial charge < -0.3 is 10.2 Å². The number of amides is 2. The highest BCUT2D eigenvalue weighted by Gasteiger charge is 2.41. The number of carbonyl (C=O) groups excluding carboxylic acids is 2. The van der Waals surface area contributed by atoms with Crippen LogP contribution in [0.25, 0.3) is 0 Å². The molecule has 2 aliphatic rings. The second-order valence-electron chi connectivity index (χ2n) is 10.2. The number of likely N-dealkylation sites (tertiary alicyclic amines) is 1. The molecule has 2 aliphatic heterocycles. The van der Waals surface area contributed by atoms with E-state index in [1.54, 1.807) is 23.4 Å². The van der Waals surface area contributed by atoms with Crippen molar-refractivity contribution in [2.24, 2.45) is 0 Å². The van der Waals surface area contributed by atoms with Crippen LogP contribution in [0, 0.1) is 11.5 Å². The van der Waals surface area contributed by atoms with E-state index in [0.29, 0.717) is 50.4 Å². The largest absolute Gasteiger partial charge is 0.338 e. The Hall–Kier alpha value is -3.44. The van der Waals surface area contributed by atoms with Crippen LogP contribution in [0.15, 0.2) is 48.8 Å². The van der Waals surface area contributed by atoms with E-state index < -0.39 is 12.1 Å². The summed E-state index contributed by atoms with van der Waals surface area (Å²) >= 11 is 0. The summed E-state index contributed by atoms with van der Waals surface area (Å²) in [5.74, 6) is -0.362. The quantitative estimate of drug-likeness (QED) is 0.670. The van der Waals surface area contributed by atoms with Gasteiger partial charge in [0.15, 0.2) is 6.19 Å². The van der Waals surface area contributed by atoms with Crippen molar-refractivity contribution in [1.29, 1.82) is 5.26 Å². The molecule has 184 valence electrons. The summed E-state index contributed by atoms with van der Waals surface area (Å²) in [7, 11) is 0. The number of aromatic nitrogens is 1. The second-order valence-corrected chi connectivity index (χ2v) is 10.2. The summed E-state index contributed by atoms with van der Waals surface area (Å²) in [6.45, 7) is 9.55. The molecule has 2 unspecified atom stereocenters.